The van der Waals surface area contributed by atoms with Crippen molar-refractivity contribution in [3.05, 3.63) is 23.8 Å². The normalized spacial score (nSPS) is 16.2. The summed E-state index contributed by atoms with van der Waals surface area (Å²) in [6.07, 6.45) is 0. The summed E-state index contributed by atoms with van der Waals surface area (Å²) in [7, 11) is 0. The minimum Gasteiger partial charge on any atom is -0.369 e. The van der Waals surface area contributed by atoms with E-state index >= 15 is 0 Å². The summed E-state index contributed by atoms with van der Waals surface area (Å²) < 4.78 is 0. The van der Waals surface area contributed by atoms with E-state index in [0.717, 1.165) is 42.3 Å². The molecule has 3 N–H and O–H groups in total. The molecule has 0 atom stereocenters. The quantitative estimate of drug-likeness (QED) is 0.498. The maximum absolute atomic E-state index is 5.79. The van der Waals surface area contributed by atoms with Gasteiger partial charge in [0.05, 0.1) is 5.56 Å². The molecule has 1 fully saturated rings. The summed E-state index contributed by atoms with van der Waals surface area (Å²) in [6.45, 7) is 6.10. The van der Waals surface area contributed by atoms with Gasteiger partial charge in [-0.2, -0.15) is 0 Å². The fourth-order valence-corrected chi connectivity index (χ4v) is 2.36. The molecule has 0 aromatic heterocycles. The molecule has 16 heavy (non-hydrogen) atoms. The molecule has 0 saturated carbocycles. The van der Waals surface area contributed by atoms with E-state index in [4.69, 9.17) is 5.41 Å². The Labute approximate surface area is 102 Å². The zero-order valence-corrected chi connectivity index (χ0v) is 10.4. The van der Waals surface area contributed by atoms with Crippen molar-refractivity contribution < 1.29 is 5.41 Å². The molecule has 0 spiro atoms. The smallest absolute Gasteiger partial charge is 0.178 e. The van der Waals surface area contributed by atoms with E-state index in [1.54, 1.807) is 0 Å². The zero-order chi connectivity index (χ0) is 11.5. The molecule has 0 radical (unpaired) electrons. The van der Waals surface area contributed by atoms with Gasteiger partial charge in [0, 0.05) is 43.7 Å². The number of anilines is 1. The van der Waals surface area contributed by atoms with Gasteiger partial charge in [-0.25, -0.2) is 0 Å². The topological polar surface area (TPSA) is 40.9 Å². The highest BCUT2D eigenvalue weighted by molar-refractivity contribution is 7.80. The number of nitrogens with zero attached hydrogens (tertiary/aromatic N) is 1. The second kappa shape index (κ2) is 4.89. The second-order valence-corrected chi connectivity index (χ2v) is 4.60. The molecule has 0 unspecified atom stereocenters. The summed E-state index contributed by atoms with van der Waals surface area (Å²) in [6, 6.07) is 6.27. The Kier molecular flexibility index (Phi) is 3.51. The van der Waals surface area contributed by atoms with Crippen LogP contribution >= 0.6 is 12.6 Å². The van der Waals surface area contributed by atoms with Crippen LogP contribution in [0.4, 0.5) is 5.69 Å². The summed E-state index contributed by atoms with van der Waals surface area (Å²) in [5.74, 6) is 0. The van der Waals surface area contributed by atoms with Crippen LogP contribution in [0.5, 0.6) is 0 Å². The summed E-state index contributed by atoms with van der Waals surface area (Å²) >= 11 is 4.48. The minimum absolute atomic E-state index is 0.817. The van der Waals surface area contributed by atoms with E-state index in [1.165, 1.54) is 5.69 Å². The number of nitrogens with two attached hydrogens (primary N) is 1. The third-order valence-corrected chi connectivity index (χ3v) is 3.26. The zero-order valence-electron chi connectivity index (χ0n) is 9.53. The van der Waals surface area contributed by atoms with E-state index < -0.39 is 0 Å². The molecule has 0 bridgehead atoms. The number of hydrogen-bond donors (Lipinski definition) is 3. The van der Waals surface area contributed by atoms with Crippen LogP contribution in [-0.2, 0) is 0 Å². The van der Waals surface area contributed by atoms with Crippen LogP contribution in [0, 0.1) is 0 Å². The number of hydrogen-bond acceptors (Lipinski definition) is 3. The molecule has 1 heterocycles. The van der Waals surface area contributed by atoms with Crippen molar-refractivity contribution in [2.24, 2.45) is 0 Å². The summed E-state index contributed by atoms with van der Waals surface area (Å²) in [4.78, 5) is 3.32. The predicted molar refractivity (Wildman–Crippen MR) is 70.5 cm³/mol. The van der Waals surface area contributed by atoms with Gasteiger partial charge >= 0.3 is 0 Å². The van der Waals surface area contributed by atoms with E-state index in [9.17, 15) is 0 Å². The maximum Gasteiger partial charge on any atom is 0.178 e. The van der Waals surface area contributed by atoms with Crippen LogP contribution in [0.25, 0.3) is 0 Å². The Morgan fingerprint density at radius 2 is 2.06 bits per heavy atom. The van der Waals surface area contributed by atoms with Crippen molar-refractivity contribution >= 4 is 24.0 Å². The van der Waals surface area contributed by atoms with Crippen LogP contribution in [0.15, 0.2) is 23.1 Å². The standard InChI is InChI=1S/C12H17N3S/c1-9(13)11-3-2-10(8-12(11)16)15-6-4-14-5-7-15/h2-3,8,13-14,16H,4-7H2,1H3/p+1. The molecule has 1 aromatic rings. The molecule has 3 nitrogen and oxygen atoms in total. The van der Waals surface area contributed by atoms with Gasteiger partial charge in [-0.1, -0.05) is 0 Å². The third-order valence-electron chi connectivity index (χ3n) is 2.89. The van der Waals surface area contributed by atoms with Crippen LogP contribution in [0.1, 0.15) is 12.5 Å². The van der Waals surface area contributed by atoms with Crippen molar-refractivity contribution in [3.8, 4) is 0 Å². The first-order valence-corrected chi connectivity index (χ1v) is 6.01. The first-order valence-electron chi connectivity index (χ1n) is 5.56. The van der Waals surface area contributed by atoms with Gasteiger partial charge in [-0.3, -0.25) is 5.41 Å². The maximum atomic E-state index is 5.79. The van der Waals surface area contributed by atoms with E-state index in [-0.39, 0.29) is 0 Å². The fraction of sp³-hybridized carbons (Fsp3) is 0.417. The predicted octanol–water partition coefficient (Wildman–Crippen LogP) is -0.0470. The van der Waals surface area contributed by atoms with Gasteiger partial charge in [0.25, 0.3) is 0 Å². The highest BCUT2D eigenvalue weighted by Gasteiger charge is 2.12. The Morgan fingerprint density at radius 3 is 2.62 bits per heavy atom. The largest absolute Gasteiger partial charge is 0.369 e. The Balaban J connectivity index is 2.23. The highest BCUT2D eigenvalue weighted by atomic mass is 32.1. The van der Waals surface area contributed by atoms with Crippen LogP contribution in [0.3, 0.4) is 0 Å². The molecular weight excluding hydrogens is 218 g/mol. The van der Waals surface area contributed by atoms with Gasteiger partial charge in [0.1, 0.15) is 0 Å². The molecule has 4 heteroatoms. The number of thiol groups is 1. The van der Waals surface area contributed by atoms with Crippen molar-refractivity contribution in [2.45, 2.75) is 11.8 Å². The molecule has 1 aliphatic rings. The SMILES string of the molecule is CC(=[NH2+])c1ccc(N2CCNCC2)cc1S. The first-order chi connectivity index (χ1) is 7.68. The van der Waals surface area contributed by atoms with Crippen molar-refractivity contribution in [3.63, 3.8) is 0 Å². The minimum atomic E-state index is 0.817. The first kappa shape index (κ1) is 11.5. The molecule has 0 amide bonds. The van der Waals surface area contributed by atoms with Crippen LogP contribution in [-0.4, -0.2) is 31.9 Å². The molecule has 86 valence electrons. The van der Waals surface area contributed by atoms with Crippen molar-refractivity contribution in [1.82, 2.24) is 5.32 Å². The van der Waals surface area contributed by atoms with Crippen LogP contribution < -0.4 is 15.6 Å². The van der Waals surface area contributed by atoms with E-state index in [0.29, 0.717) is 0 Å². The molecular formula is C12H18N3S+. The van der Waals surface area contributed by atoms with Crippen molar-refractivity contribution in [1.29, 1.82) is 0 Å². The van der Waals surface area contributed by atoms with E-state index in [2.05, 4.69) is 41.0 Å². The number of nitrogens with one attached hydrogen (secondary N) is 1. The summed E-state index contributed by atoms with van der Waals surface area (Å²) in [5, 5.41) is 9.13. The Morgan fingerprint density at radius 1 is 1.38 bits per heavy atom. The molecule has 1 saturated heterocycles. The number of piperazine rings is 1. The monoisotopic (exact) mass is 236 g/mol. The van der Waals surface area contributed by atoms with E-state index in [1.807, 2.05) is 6.92 Å². The van der Waals surface area contributed by atoms with Gasteiger partial charge in [-0.05, 0) is 18.2 Å². The number of rotatable bonds is 2. The molecule has 1 aromatic carbocycles. The second-order valence-electron chi connectivity index (χ2n) is 4.12. The lowest BCUT2D eigenvalue weighted by Gasteiger charge is -2.29. The Hall–Kier alpha value is -1.00. The van der Waals surface area contributed by atoms with Gasteiger partial charge in [-0.15, -0.1) is 12.6 Å². The van der Waals surface area contributed by atoms with Gasteiger partial charge in [0.2, 0.25) is 0 Å². The van der Waals surface area contributed by atoms with Crippen LogP contribution in [0.2, 0.25) is 0 Å². The lowest BCUT2D eigenvalue weighted by Crippen LogP contribution is -2.43. The lowest BCUT2D eigenvalue weighted by molar-refractivity contribution is -0.113. The van der Waals surface area contributed by atoms with Gasteiger partial charge in [0.15, 0.2) is 5.71 Å². The average molecular weight is 236 g/mol. The average Bonchev–Trinajstić information content (AvgIpc) is 2.29. The summed E-state index contributed by atoms with van der Waals surface area (Å²) in [5.41, 5.74) is 3.08. The highest BCUT2D eigenvalue weighted by Crippen LogP contribution is 2.22. The molecule has 2 rings (SSSR count). The van der Waals surface area contributed by atoms with Crippen molar-refractivity contribution in [2.75, 3.05) is 31.1 Å². The lowest BCUT2D eigenvalue weighted by atomic mass is 10.1. The molecule has 0 aliphatic carbocycles. The third kappa shape index (κ3) is 2.39. The van der Waals surface area contributed by atoms with Gasteiger partial charge < -0.3 is 10.2 Å². The molecule has 1 aliphatic heterocycles. The number of benzene rings is 1. The Bertz CT molecular complexity index is 397. The fourth-order valence-electron chi connectivity index (χ4n) is 1.97.